The second kappa shape index (κ2) is 7.46. The molecule has 0 aliphatic carbocycles. The van der Waals surface area contributed by atoms with Crippen LogP contribution in [0.15, 0.2) is 60.1 Å². The molecule has 0 spiro atoms. The number of thioether (sulfide) groups is 1. The highest BCUT2D eigenvalue weighted by Crippen LogP contribution is 2.30. The Morgan fingerprint density at radius 1 is 1.29 bits per heavy atom. The normalized spacial score (nSPS) is 11.9. The van der Waals surface area contributed by atoms with E-state index in [0.717, 1.165) is 4.90 Å². The molecule has 0 radical (unpaired) electrons. The third-order valence-electron chi connectivity index (χ3n) is 3.19. The number of nitrogens with zero attached hydrogens (tertiary/aromatic N) is 4. The van der Waals surface area contributed by atoms with Gasteiger partial charge in [0.15, 0.2) is 5.82 Å². The quantitative estimate of drug-likeness (QED) is 0.706. The minimum atomic E-state index is -0.325. The van der Waals surface area contributed by atoms with Crippen molar-refractivity contribution in [2.75, 3.05) is 5.32 Å². The maximum absolute atomic E-state index is 12.5. The SMILES string of the molecule is CC(Sc1ccccc1Cl)C(=O)Nc1cccnc1-n1cncn1. The first-order valence-electron chi connectivity index (χ1n) is 7.17. The molecule has 0 aliphatic rings. The smallest absolute Gasteiger partial charge is 0.237 e. The molecule has 0 saturated carbocycles. The molecule has 1 aromatic carbocycles. The Kier molecular flexibility index (Phi) is 5.12. The van der Waals surface area contributed by atoms with Gasteiger partial charge in [0.25, 0.3) is 0 Å². The molecule has 0 fully saturated rings. The second-order valence-corrected chi connectivity index (χ2v) is 6.68. The van der Waals surface area contributed by atoms with Crippen molar-refractivity contribution in [1.29, 1.82) is 0 Å². The first-order valence-corrected chi connectivity index (χ1v) is 8.43. The topological polar surface area (TPSA) is 72.7 Å². The predicted molar refractivity (Wildman–Crippen MR) is 94.6 cm³/mol. The summed E-state index contributed by atoms with van der Waals surface area (Å²) in [6.45, 7) is 1.83. The maximum atomic E-state index is 12.5. The number of anilines is 1. The van der Waals surface area contributed by atoms with Crippen molar-refractivity contribution in [3.63, 3.8) is 0 Å². The minimum absolute atomic E-state index is 0.144. The summed E-state index contributed by atoms with van der Waals surface area (Å²) in [6.07, 6.45) is 4.57. The molecule has 3 rings (SSSR count). The Bertz CT molecular complexity index is 840. The number of amides is 1. The van der Waals surface area contributed by atoms with Crippen LogP contribution >= 0.6 is 23.4 Å². The summed E-state index contributed by atoms with van der Waals surface area (Å²) in [5, 5.41) is 7.24. The fraction of sp³-hybridized carbons (Fsp3) is 0.125. The molecule has 1 amide bonds. The van der Waals surface area contributed by atoms with Crippen molar-refractivity contribution >= 4 is 35.0 Å². The highest BCUT2D eigenvalue weighted by Gasteiger charge is 2.18. The standard InChI is InChI=1S/C16H14ClN5OS/c1-11(24-14-7-3-2-5-12(14)17)16(23)21-13-6-4-8-19-15(13)22-10-18-9-20-22/h2-11H,1H3,(H,21,23). The van der Waals surface area contributed by atoms with Crippen molar-refractivity contribution in [2.24, 2.45) is 0 Å². The predicted octanol–water partition coefficient (Wildman–Crippen LogP) is 3.44. The van der Waals surface area contributed by atoms with Gasteiger partial charge in [-0.15, -0.1) is 11.8 Å². The van der Waals surface area contributed by atoms with Gasteiger partial charge in [-0.2, -0.15) is 5.10 Å². The zero-order chi connectivity index (χ0) is 16.9. The van der Waals surface area contributed by atoms with Crippen molar-refractivity contribution in [3.8, 4) is 5.82 Å². The first-order chi connectivity index (χ1) is 11.6. The average molecular weight is 360 g/mol. The molecule has 1 unspecified atom stereocenters. The van der Waals surface area contributed by atoms with E-state index in [1.165, 1.54) is 29.1 Å². The molecule has 24 heavy (non-hydrogen) atoms. The Morgan fingerprint density at radius 3 is 2.88 bits per heavy atom. The molecule has 122 valence electrons. The second-order valence-electron chi connectivity index (χ2n) is 4.89. The molecule has 3 aromatic rings. The fourth-order valence-corrected chi connectivity index (χ4v) is 3.17. The van der Waals surface area contributed by atoms with E-state index in [-0.39, 0.29) is 11.2 Å². The van der Waals surface area contributed by atoms with E-state index < -0.39 is 0 Å². The summed E-state index contributed by atoms with van der Waals surface area (Å²) in [4.78, 5) is 21.5. The molecule has 0 saturated heterocycles. The van der Waals surface area contributed by atoms with Crippen LogP contribution in [0.5, 0.6) is 0 Å². The summed E-state index contributed by atoms with van der Waals surface area (Å²) in [5.41, 5.74) is 0.569. The lowest BCUT2D eigenvalue weighted by molar-refractivity contribution is -0.115. The van der Waals surface area contributed by atoms with Crippen LogP contribution in [0, 0.1) is 0 Å². The number of nitrogens with one attached hydrogen (secondary N) is 1. The number of benzene rings is 1. The molecular formula is C16H14ClN5OS. The lowest BCUT2D eigenvalue weighted by Gasteiger charge is -2.14. The number of pyridine rings is 1. The van der Waals surface area contributed by atoms with Gasteiger partial charge in [-0.25, -0.2) is 14.6 Å². The maximum Gasteiger partial charge on any atom is 0.237 e. The lowest BCUT2D eigenvalue weighted by Crippen LogP contribution is -2.23. The molecule has 0 bridgehead atoms. The summed E-state index contributed by atoms with van der Waals surface area (Å²) >= 11 is 7.55. The van der Waals surface area contributed by atoms with E-state index in [1.807, 2.05) is 25.1 Å². The molecule has 0 aliphatic heterocycles. The van der Waals surface area contributed by atoms with Gasteiger partial charge in [0, 0.05) is 11.1 Å². The van der Waals surface area contributed by atoms with Gasteiger partial charge in [0.05, 0.1) is 16.0 Å². The lowest BCUT2D eigenvalue weighted by atomic mass is 10.3. The number of carbonyl (C=O) groups excluding carboxylic acids is 1. The summed E-state index contributed by atoms with van der Waals surface area (Å²) < 4.78 is 1.50. The molecular weight excluding hydrogens is 346 g/mol. The van der Waals surface area contributed by atoms with Crippen molar-refractivity contribution in [3.05, 3.63) is 60.3 Å². The summed E-state index contributed by atoms with van der Waals surface area (Å²) in [5.74, 6) is 0.368. The Hall–Kier alpha value is -2.38. The Balaban J connectivity index is 1.75. The highest BCUT2D eigenvalue weighted by atomic mass is 35.5. The Labute approximate surface area is 148 Å². The first kappa shape index (κ1) is 16.5. The van der Waals surface area contributed by atoms with Crippen LogP contribution in [0.3, 0.4) is 0 Å². The van der Waals surface area contributed by atoms with E-state index in [0.29, 0.717) is 16.5 Å². The van der Waals surface area contributed by atoms with Crippen molar-refractivity contribution in [2.45, 2.75) is 17.1 Å². The Morgan fingerprint density at radius 2 is 2.12 bits per heavy atom. The van der Waals surface area contributed by atoms with Gasteiger partial charge in [-0.05, 0) is 31.2 Å². The van der Waals surface area contributed by atoms with Crippen LogP contribution in [-0.2, 0) is 4.79 Å². The van der Waals surface area contributed by atoms with Crippen molar-refractivity contribution < 1.29 is 4.79 Å². The molecule has 1 N–H and O–H groups in total. The third-order valence-corrected chi connectivity index (χ3v) is 4.81. The van der Waals surface area contributed by atoms with E-state index in [9.17, 15) is 4.79 Å². The van der Waals surface area contributed by atoms with E-state index in [2.05, 4.69) is 20.4 Å². The van der Waals surface area contributed by atoms with Crippen LogP contribution in [0.4, 0.5) is 5.69 Å². The van der Waals surface area contributed by atoms with Gasteiger partial charge in [-0.3, -0.25) is 4.79 Å². The molecule has 6 nitrogen and oxygen atoms in total. The minimum Gasteiger partial charge on any atom is -0.322 e. The van der Waals surface area contributed by atoms with Crippen molar-refractivity contribution in [1.82, 2.24) is 19.7 Å². The van der Waals surface area contributed by atoms with Crippen LogP contribution in [0.1, 0.15) is 6.92 Å². The zero-order valence-electron chi connectivity index (χ0n) is 12.8. The van der Waals surface area contributed by atoms with E-state index in [4.69, 9.17) is 11.6 Å². The number of aromatic nitrogens is 4. The largest absolute Gasteiger partial charge is 0.322 e. The zero-order valence-corrected chi connectivity index (χ0v) is 14.3. The van der Waals surface area contributed by atoms with Crippen LogP contribution < -0.4 is 5.32 Å². The van der Waals surface area contributed by atoms with Gasteiger partial charge in [0.2, 0.25) is 5.91 Å². The molecule has 8 heteroatoms. The molecule has 2 heterocycles. The number of rotatable bonds is 5. The third kappa shape index (κ3) is 3.74. The monoisotopic (exact) mass is 359 g/mol. The highest BCUT2D eigenvalue weighted by molar-refractivity contribution is 8.00. The van der Waals surface area contributed by atoms with Gasteiger partial charge >= 0.3 is 0 Å². The van der Waals surface area contributed by atoms with E-state index >= 15 is 0 Å². The van der Waals surface area contributed by atoms with E-state index in [1.54, 1.807) is 24.4 Å². The number of carbonyl (C=O) groups is 1. The number of hydrogen-bond donors (Lipinski definition) is 1. The average Bonchev–Trinajstić information content (AvgIpc) is 3.11. The summed E-state index contributed by atoms with van der Waals surface area (Å²) in [6, 6.07) is 11.0. The fourth-order valence-electron chi connectivity index (χ4n) is 2.01. The van der Waals surface area contributed by atoms with Crippen LogP contribution in [0.25, 0.3) is 5.82 Å². The number of halogens is 1. The number of hydrogen-bond acceptors (Lipinski definition) is 5. The van der Waals surface area contributed by atoms with Crippen LogP contribution in [-0.4, -0.2) is 30.9 Å². The molecule has 1 atom stereocenters. The van der Waals surface area contributed by atoms with Gasteiger partial charge in [0.1, 0.15) is 12.7 Å². The molecule has 2 aromatic heterocycles. The van der Waals surface area contributed by atoms with Crippen LogP contribution in [0.2, 0.25) is 5.02 Å². The van der Waals surface area contributed by atoms with Gasteiger partial charge < -0.3 is 5.32 Å². The summed E-state index contributed by atoms with van der Waals surface area (Å²) in [7, 11) is 0. The van der Waals surface area contributed by atoms with Gasteiger partial charge in [-0.1, -0.05) is 23.7 Å².